The van der Waals surface area contributed by atoms with Crippen LogP contribution < -0.4 is 5.32 Å². The lowest BCUT2D eigenvalue weighted by molar-refractivity contribution is -0.143. The van der Waals surface area contributed by atoms with Crippen LogP contribution in [0.5, 0.6) is 0 Å². The Morgan fingerprint density at radius 1 is 1.23 bits per heavy atom. The van der Waals surface area contributed by atoms with E-state index in [1.165, 1.54) is 7.11 Å². The molecule has 0 aromatic heterocycles. The molecule has 3 nitrogen and oxygen atoms in total. The van der Waals surface area contributed by atoms with Crippen LogP contribution in [-0.4, -0.2) is 25.2 Å². The van der Waals surface area contributed by atoms with E-state index in [0.717, 1.165) is 19.3 Å². The molecule has 0 aromatic rings. The average Bonchev–Trinajstić information content (AvgIpc) is 2.19. The van der Waals surface area contributed by atoms with Gasteiger partial charge in [-0.1, -0.05) is 20.8 Å². The SMILES string of the molecule is CCC(CC)NC(CC)C(=O)OC. The van der Waals surface area contributed by atoms with E-state index in [9.17, 15) is 4.79 Å². The van der Waals surface area contributed by atoms with Crippen molar-refractivity contribution in [1.82, 2.24) is 5.32 Å². The first-order chi connectivity index (χ1) is 6.19. The molecule has 0 bridgehead atoms. The lowest BCUT2D eigenvalue weighted by Gasteiger charge is -2.21. The molecule has 0 heterocycles. The molecule has 0 saturated heterocycles. The van der Waals surface area contributed by atoms with Gasteiger partial charge in [0.25, 0.3) is 0 Å². The molecule has 1 unspecified atom stereocenters. The van der Waals surface area contributed by atoms with Gasteiger partial charge >= 0.3 is 5.97 Å². The third-order valence-electron chi connectivity index (χ3n) is 2.32. The molecule has 78 valence electrons. The molecule has 0 aliphatic heterocycles. The predicted molar refractivity (Wildman–Crippen MR) is 53.6 cm³/mol. The van der Waals surface area contributed by atoms with Crippen LogP contribution in [0.4, 0.5) is 0 Å². The van der Waals surface area contributed by atoms with Crippen molar-refractivity contribution < 1.29 is 9.53 Å². The van der Waals surface area contributed by atoms with E-state index in [4.69, 9.17) is 4.74 Å². The van der Waals surface area contributed by atoms with Crippen LogP contribution in [0.3, 0.4) is 0 Å². The van der Waals surface area contributed by atoms with Crippen LogP contribution in [-0.2, 0) is 9.53 Å². The van der Waals surface area contributed by atoms with Gasteiger partial charge in [0, 0.05) is 6.04 Å². The van der Waals surface area contributed by atoms with Crippen molar-refractivity contribution in [2.45, 2.75) is 52.1 Å². The number of rotatable bonds is 6. The monoisotopic (exact) mass is 187 g/mol. The van der Waals surface area contributed by atoms with Crippen LogP contribution in [0.25, 0.3) is 0 Å². The van der Waals surface area contributed by atoms with E-state index >= 15 is 0 Å². The molecule has 0 aromatic carbocycles. The number of nitrogens with one attached hydrogen (secondary N) is 1. The topological polar surface area (TPSA) is 38.3 Å². The number of ether oxygens (including phenoxy) is 1. The smallest absolute Gasteiger partial charge is 0.322 e. The molecule has 0 rings (SSSR count). The van der Waals surface area contributed by atoms with Crippen LogP contribution in [0.15, 0.2) is 0 Å². The molecule has 1 N–H and O–H groups in total. The maximum atomic E-state index is 11.2. The summed E-state index contributed by atoms with van der Waals surface area (Å²) in [7, 11) is 1.43. The highest BCUT2D eigenvalue weighted by molar-refractivity contribution is 5.75. The first-order valence-electron chi connectivity index (χ1n) is 5.03. The minimum Gasteiger partial charge on any atom is -0.468 e. The lowest BCUT2D eigenvalue weighted by Crippen LogP contribution is -2.43. The average molecular weight is 187 g/mol. The third kappa shape index (κ3) is 4.27. The molecular formula is C10H21NO2. The van der Waals surface area contributed by atoms with E-state index in [0.29, 0.717) is 6.04 Å². The fourth-order valence-corrected chi connectivity index (χ4v) is 1.30. The van der Waals surface area contributed by atoms with Crippen LogP contribution in [0.2, 0.25) is 0 Å². The van der Waals surface area contributed by atoms with Gasteiger partial charge in [0.05, 0.1) is 7.11 Å². The minimum absolute atomic E-state index is 0.144. The molecule has 0 aliphatic carbocycles. The fourth-order valence-electron chi connectivity index (χ4n) is 1.30. The fraction of sp³-hybridized carbons (Fsp3) is 0.900. The van der Waals surface area contributed by atoms with Gasteiger partial charge in [-0.2, -0.15) is 0 Å². The van der Waals surface area contributed by atoms with E-state index < -0.39 is 0 Å². The van der Waals surface area contributed by atoms with Crippen molar-refractivity contribution >= 4 is 5.97 Å². The zero-order valence-electron chi connectivity index (χ0n) is 9.09. The van der Waals surface area contributed by atoms with E-state index in [1.54, 1.807) is 0 Å². The van der Waals surface area contributed by atoms with Gasteiger partial charge in [-0.15, -0.1) is 0 Å². The molecule has 0 aliphatic rings. The second kappa shape index (κ2) is 6.89. The zero-order chi connectivity index (χ0) is 10.3. The number of carbonyl (C=O) groups excluding carboxylic acids is 1. The molecule has 1 atom stereocenters. The number of hydrogen-bond acceptors (Lipinski definition) is 3. The minimum atomic E-state index is -0.158. The van der Waals surface area contributed by atoms with Gasteiger partial charge in [0.2, 0.25) is 0 Å². The summed E-state index contributed by atoms with van der Waals surface area (Å²) in [5.41, 5.74) is 0. The summed E-state index contributed by atoms with van der Waals surface area (Å²) in [6.45, 7) is 6.22. The van der Waals surface area contributed by atoms with Crippen molar-refractivity contribution in [1.29, 1.82) is 0 Å². The Morgan fingerprint density at radius 2 is 1.77 bits per heavy atom. The third-order valence-corrected chi connectivity index (χ3v) is 2.32. The maximum Gasteiger partial charge on any atom is 0.322 e. The number of esters is 1. The van der Waals surface area contributed by atoms with Crippen molar-refractivity contribution in [3.63, 3.8) is 0 Å². The first-order valence-corrected chi connectivity index (χ1v) is 5.03. The second-order valence-corrected chi connectivity index (χ2v) is 3.16. The van der Waals surface area contributed by atoms with Gasteiger partial charge in [-0.3, -0.25) is 4.79 Å². The van der Waals surface area contributed by atoms with Gasteiger partial charge in [-0.05, 0) is 19.3 Å². The Morgan fingerprint density at radius 3 is 2.08 bits per heavy atom. The van der Waals surface area contributed by atoms with E-state index in [1.807, 2.05) is 6.92 Å². The molecule has 3 heteroatoms. The summed E-state index contributed by atoms with van der Waals surface area (Å²) in [5, 5.41) is 3.28. The van der Waals surface area contributed by atoms with E-state index in [2.05, 4.69) is 19.2 Å². The summed E-state index contributed by atoms with van der Waals surface area (Å²) < 4.78 is 4.69. The second-order valence-electron chi connectivity index (χ2n) is 3.16. The molecule has 0 fully saturated rings. The Hall–Kier alpha value is -0.570. The van der Waals surface area contributed by atoms with Crippen molar-refractivity contribution in [3.8, 4) is 0 Å². The largest absolute Gasteiger partial charge is 0.468 e. The number of carbonyl (C=O) groups is 1. The molecular weight excluding hydrogens is 166 g/mol. The summed E-state index contributed by atoms with van der Waals surface area (Å²) >= 11 is 0. The van der Waals surface area contributed by atoms with Gasteiger partial charge < -0.3 is 10.1 Å². The predicted octanol–water partition coefficient (Wildman–Crippen LogP) is 1.72. The van der Waals surface area contributed by atoms with Crippen molar-refractivity contribution in [3.05, 3.63) is 0 Å². The van der Waals surface area contributed by atoms with Crippen LogP contribution >= 0.6 is 0 Å². The molecule has 13 heavy (non-hydrogen) atoms. The molecule has 0 radical (unpaired) electrons. The Kier molecular flexibility index (Phi) is 6.59. The van der Waals surface area contributed by atoms with Crippen molar-refractivity contribution in [2.24, 2.45) is 0 Å². The van der Waals surface area contributed by atoms with Crippen molar-refractivity contribution in [2.75, 3.05) is 7.11 Å². The zero-order valence-corrected chi connectivity index (χ0v) is 9.09. The highest BCUT2D eigenvalue weighted by Crippen LogP contribution is 2.02. The first kappa shape index (κ1) is 12.4. The highest BCUT2D eigenvalue weighted by Gasteiger charge is 2.18. The van der Waals surface area contributed by atoms with E-state index in [-0.39, 0.29) is 12.0 Å². The summed E-state index contributed by atoms with van der Waals surface area (Å²) in [5.74, 6) is -0.158. The van der Waals surface area contributed by atoms with Gasteiger partial charge in [0.1, 0.15) is 6.04 Å². The summed E-state index contributed by atoms with van der Waals surface area (Å²) in [6, 6.07) is 0.277. The molecule has 0 saturated carbocycles. The van der Waals surface area contributed by atoms with Gasteiger partial charge in [0.15, 0.2) is 0 Å². The Labute approximate surface area is 80.8 Å². The Balaban J connectivity index is 4.02. The van der Waals surface area contributed by atoms with Crippen LogP contribution in [0, 0.1) is 0 Å². The number of methoxy groups -OCH3 is 1. The normalized spacial score (nSPS) is 13.0. The van der Waals surface area contributed by atoms with Crippen LogP contribution in [0.1, 0.15) is 40.0 Å². The summed E-state index contributed by atoms with van der Waals surface area (Å²) in [4.78, 5) is 11.2. The quantitative estimate of drug-likeness (QED) is 0.643. The Bertz CT molecular complexity index is 144. The number of hydrogen-bond donors (Lipinski definition) is 1. The highest BCUT2D eigenvalue weighted by atomic mass is 16.5. The standard InChI is InChI=1S/C10H21NO2/c1-5-8(6-2)11-9(7-3)10(12)13-4/h8-9,11H,5-7H2,1-4H3. The summed E-state index contributed by atoms with van der Waals surface area (Å²) in [6.07, 6.45) is 2.87. The lowest BCUT2D eigenvalue weighted by atomic mass is 10.1. The molecule has 0 spiro atoms. The van der Waals surface area contributed by atoms with Gasteiger partial charge in [-0.25, -0.2) is 0 Å². The maximum absolute atomic E-state index is 11.2. The molecule has 0 amide bonds.